The fourth-order valence-corrected chi connectivity index (χ4v) is 3.32. The van der Waals surface area contributed by atoms with Crippen LogP contribution in [0.25, 0.3) is 0 Å². The Kier molecular flexibility index (Phi) is 4.51. The van der Waals surface area contributed by atoms with E-state index >= 15 is 0 Å². The fraction of sp³-hybridized carbons (Fsp3) is 0.600. The second-order valence-electron chi connectivity index (χ2n) is 4.67. The molecular weight excluding hydrogens is 320 g/mol. The number of hydrogen-bond donors (Lipinski definition) is 5. The van der Waals surface area contributed by atoms with E-state index in [0.717, 1.165) is 4.90 Å². The van der Waals surface area contributed by atoms with E-state index in [1.807, 2.05) is 0 Å². The fourth-order valence-electron chi connectivity index (χ4n) is 2.37. The lowest BCUT2D eigenvalue weighted by Gasteiger charge is -2.27. The van der Waals surface area contributed by atoms with Crippen molar-refractivity contribution in [1.29, 1.82) is 5.41 Å². The van der Waals surface area contributed by atoms with Crippen LogP contribution in [0.4, 0.5) is 4.79 Å². The third-order valence-electron chi connectivity index (χ3n) is 3.37. The van der Waals surface area contributed by atoms with Gasteiger partial charge >= 0.3 is 0 Å². The van der Waals surface area contributed by atoms with Crippen molar-refractivity contribution in [2.75, 3.05) is 6.61 Å². The van der Waals surface area contributed by atoms with Gasteiger partial charge in [0.15, 0.2) is 11.5 Å². The first-order valence-corrected chi connectivity index (χ1v) is 6.92. The normalized spacial score (nSPS) is 37.6. The molecule has 11 nitrogen and oxygen atoms in total. The lowest BCUT2D eigenvalue weighted by molar-refractivity contribution is -0.118. The van der Waals surface area contributed by atoms with Gasteiger partial charge in [-0.05, 0) is 11.8 Å². The number of aliphatic hydroxyl groups is 3. The zero-order valence-electron chi connectivity index (χ0n) is 11.0. The molecule has 12 heteroatoms. The SMILES string of the molecule is N=C1N=C2C(SC(=O)N2C2OC(CO)C(O)C2O)C(=O)N1.O. The van der Waals surface area contributed by atoms with Gasteiger partial charge in [0.1, 0.15) is 24.1 Å². The van der Waals surface area contributed by atoms with Crippen molar-refractivity contribution < 1.29 is 35.1 Å². The van der Waals surface area contributed by atoms with Gasteiger partial charge in [0.05, 0.1) is 6.61 Å². The first-order chi connectivity index (χ1) is 9.93. The number of hydrogen-bond acceptors (Lipinski definition) is 8. The van der Waals surface area contributed by atoms with Crippen LogP contribution in [0.5, 0.6) is 0 Å². The van der Waals surface area contributed by atoms with Gasteiger partial charge in [0.25, 0.3) is 5.24 Å². The molecular formula is C10H14N4O7S. The Morgan fingerprint density at radius 1 is 1.36 bits per heavy atom. The van der Waals surface area contributed by atoms with Crippen LogP contribution < -0.4 is 5.32 Å². The second kappa shape index (κ2) is 5.91. The van der Waals surface area contributed by atoms with Crippen LogP contribution in [0.3, 0.4) is 0 Å². The van der Waals surface area contributed by atoms with Gasteiger partial charge in [-0.1, -0.05) is 0 Å². The summed E-state index contributed by atoms with van der Waals surface area (Å²) in [7, 11) is 0. The van der Waals surface area contributed by atoms with Crippen LogP contribution in [0, 0.1) is 5.41 Å². The first-order valence-electron chi connectivity index (χ1n) is 6.04. The molecule has 0 spiro atoms. The van der Waals surface area contributed by atoms with Gasteiger partial charge in [-0.25, -0.2) is 0 Å². The summed E-state index contributed by atoms with van der Waals surface area (Å²) < 4.78 is 5.27. The zero-order valence-corrected chi connectivity index (χ0v) is 11.8. The van der Waals surface area contributed by atoms with Crippen molar-refractivity contribution in [1.82, 2.24) is 10.2 Å². The molecule has 122 valence electrons. The summed E-state index contributed by atoms with van der Waals surface area (Å²) in [4.78, 5) is 28.5. The highest BCUT2D eigenvalue weighted by Crippen LogP contribution is 2.35. The van der Waals surface area contributed by atoms with Crippen molar-refractivity contribution in [2.24, 2.45) is 4.99 Å². The Hall–Kier alpha value is -1.57. The molecule has 0 radical (unpaired) electrons. The van der Waals surface area contributed by atoms with E-state index in [1.165, 1.54) is 0 Å². The van der Waals surface area contributed by atoms with E-state index < -0.39 is 53.5 Å². The zero-order chi connectivity index (χ0) is 15.3. The monoisotopic (exact) mass is 334 g/mol. The number of nitrogens with zero attached hydrogens (tertiary/aromatic N) is 2. The van der Waals surface area contributed by atoms with E-state index in [1.54, 1.807) is 0 Å². The molecule has 3 aliphatic rings. The molecule has 3 aliphatic heterocycles. The van der Waals surface area contributed by atoms with E-state index in [0.29, 0.717) is 11.8 Å². The van der Waals surface area contributed by atoms with Crippen molar-refractivity contribution in [3.63, 3.8) is 0 Å². The van der Waals surface area contributed by atoms with Gasteiger partial charge < -0.3 is 25.5 Å². The third-order valence-corrected chi connectivity index (χ3v) is 4.43. The van der Waals surface area contributed by atoms with E-state index in [-0.39, 0.29) is 11.3 Å². The summed E-state index contributed by atoms with van der Waals surface area (Å²) in [6.45, 7) is -0.532. The van der Waals surface area contributed by atoms with Crippen molar-refractivity contribution in [3.8, 4) is 0 Å². The van der Waals surface area contributed by atoms with E-state index in [4.69, 9.17) is 15.3 Å². The van der Waals surface area contributed by atoms with Gasteiger partial charge in [-0.2, -0.15) is 4.99 Å². The highest BCUT2D eigenvalue weighted by atomic mass is 32.2. The molecule has 0 aromatic carbocycles. The van der Waals surface area contributed by atoms with Crippen LogP contribution in [0.15, 0.2) is 4.99 Å². The number of carbonyl (C=O) groups is 2. The minimum atomic E-state index is -1.45. The summed E-state index contributed by atoms with van der Waals surface area (Å²) in [5.74, 6) is -0.996. The summed E-state index contributed by atoms with van der Waals surface area (Å²) in [6.07, 6.45) is -5.12. The molecule has 0 aromatic heterocycles. The molecule has 2 saturated heterocycles. The summed E-state index contributed by atoms with van der Waals surface area (Å²) >= 11 is 0.679. The number of nitrogens with one attached hydrogen (secondary N) is 2. The minimum Gasteiger partial charge on any atom is -0.412 e. The lowest BCUT2D eigenvalue weighted by atomic mass is 10.1. The molecule has 2 fully saturated rings. The Labute approximate surface area is 127 Å². The van der Waals surface area contributed by atoms with Crippen LogP contribution >= 0.6 is 11.8 Å². The van der Waals surface area contributed by atoms with E-state index in [2.05, 4.69) is 10.3 Å². The molecule has 5 unspecified atom stereocenters. The van der Waals surface area contributed by atoms with Crippen LogP contribution in [-0.2, 0) is 9.53 Å². The summed E-state index contributed by atoms with van der Waals surface area (Å²) in [5, 5.41) is 36.8. The molecule has 3 heterocycles. The first kappa shape index (κ1) is 16.8. The number of thioether (sulfide) groups is 1. The average molecular weight is 334 g/mol. The number of aliphatic imine (C=N–C) groups is 1. The minimum absolute atomic E-state index is 0. The van der Waals surface area contributed by atoms with Gasteiger partial charge in [-0.3, -0.25) is 25.2 Å². The third kappa shape index (κ3) is 2.39. The van der Waals surface area contributed by atoms with Crippen LogP contribution in [0.2, 0.25) is 0 Å². The molecule has 0 bridgehead atoms. The largest absolute Gasteiger partial charge is 0.412 e. The van der Waals surface area contributed by atoms with E-state index in [9.17, 15) is 19.8 Å². The second-order valence-corrected chi connectivity index (χ2v) is 5.73. The Balaban J connectivity index is 0.00000176. The molecule has 0 aliphatic carbocycles. The number of rotatable bonds is 2. The highest BCUT2D eigenvalue weighted by molar-refractivity contribution is 8.16. The summed E-state index contributed by atoms with van der Waals surface area (Å²) in [5.41, 5.74) is 0. The maximum Gasteiger partial charge on any atom is 0.290 e. The quantitative estimate of drug-likeness (QED) is 0.348. The number of aliphatic hydroxyl groups excluding tert-OH is 3. The van der Waals surface area contributed by atoms with Crippen molar-refractivity contribution >= 4 is 34.7 Å². The van der Waals surface area contributed by atoms with Crippen molar-refractivity contribution in [2.45, 2.75) is 29.8 Å². The lowest BCUT2D eigenvalue weighted by Crippen LogP contribution is -2.52. The smallest absolute Gasteiger partial charge is 0.290 e. The number of ether oxygens (including phenoxy) is 1. The summed E-state index contributed by atoms with van der Waals surface area (Å²) in [6, 6.07) is 0. The number of guanidine groups is 1. The molecule has 0 aromatic rings. The average Bonchev–Trinajstić information content (AvgIpc) is 2.89. The molecule has 5 atom stereocenters. The standard InChI is InChI=1S/C10H12N4O6S.H2O/c11-9-12-6-5(7(18)13-9)21-10(19)14(6)8-4(17)3(16)2(1-15)20-8;/h2-5,8,15-17H,1H2,(H2,11,13,18);1H2. The Morgan fingerprint density at radius 2 is 2.05 bits per heavy atom. The number of amides is 2. The van der Waals surface area contributed by atoms with Gasteiger partial charge in [0.2, 0.25) is 11.9 Å². The molecule has 0 saturated carbocycles. The molecule has 3 rings (SSSR count). The number of fused-ring (bicyclic) bond motifs is 1. The maximum atomic E-state index is 12.0. The van der Waals surface area contributed by atoms with Crippen molar-refractivity contribution in [3.05, 3.63) is 0 Å². The topological polar surface area (TPSA) is 187 Å². The Bertz CT molecular complexity index is 555. The number of amidine groups is 1. The van der Waals surface area contributed by atoms with Crippen LogP contribution in [0.1, 0.15) is 0 Å². The molecule has 2 amide bonds. The van der Waals surface area contributed by atoms with Crippen LogP contribution in [-0.4, -0.2) is 85.0 Å². The van der Waals surface area contributed by atoms with Gasteiger partial charge in [-0.15, -0.1) is 0 Å². The van der Waals surface area contributed by atoms with Gasteiger partial charge in [0, 0.05) is 0 Å². The Morgan fingerprint density at radius 3 is 2.64 bits per heavy atom. The molecule has 7 N–H and O–H groups in total. The number of carbonyl (C=O) groups excluding carboxylic acids is 2. The predicted molar refractivity (Wildman–Crippen MR) is 73.3 cm³/mol. The highest BCUT2D eigenvalue weighted by Gasteiger charge is 2.54. The maximum absolute atomic E-state index is 12.0. The predicted octanol–water partition coefficient (Wildman–Crippen LogP) is -3.40. The molecule has 22 heavy (non-hydrogen) atoms.